The Hall–Kier alpha value is -1.39. The Balaban J connectivity index is 2.08. The highest BCUT2D eigenvalue weighted by Crippen LogP contribution is 2.28. The van der Waals surface area contributed by atoms with Gasteiger partial charge in [0, 0.05) is 17.2 Å². The van der Waals surface area contributed by atoms with Crippen molar-refractivity contribution in [3.8, 4) is 5.75 Å². The van der Waals surface area contributed by atoms with Crippen LogP contribution < -0.4 is 9.46 Å². The molecule has 0 aliphatic carbocycles. The summed E-state index contributed by atoms with van der Waals surface area (Å²) in [4.78, 5) is 10.7. The van der Waals surface area contributed by atoms with Crippen molar-refractivity contribution in [1.29, 1.82) is 0 Å². The van der Waals surface area contributed by atoms with E-state index < -0.39 is 40.0 Å². The normalized spacial score (nSPS) is 11.6. The fourth-order valence-electron chi connectivity index (χ4n) is 3.82. The van der Waals surface area contributed by atoms with Crippen LogP contribution in [-0.2, 0) is 14.8 Å². The van der Waals surface area contributed by atoms with Crippen molar-refractivity contribution in [3.63, 3.8) is 0 Å². The monoisotopic (exact) mass is 551 g/mol. The second kappa shape index (κ2) is 19.7. The highest BCUT2D eigenvalue weighted by atomic mass is 32.2. The van der Waals surface area contributed by atoms with Gasteiger partial charge in [-0.15, -0.1) is 11.8 Å². The maximum absolute atomic E-state index is 13.9. The van der Waals surface area contributed by atoms with E-state index in [4.69, 9.17) is 5.11 Å². The second-order valence-corrected chi connectivity index (χ2v) is 12.2. The van der Waals surface area contributed by atoms with Gasteiger partial charge in [0.15, 0.2) is 24.0 Å². The first-order valence-corrected chi connectivity index (χ1v) is 15.8. The van der Waals surface area contributed by atoms with Crippen LogP contribution in [-0.4, -0.2) is 44.2 Å². The first kappa shape index (κ1) is 32.6. The number of carbonyl (C=O) groups is 1. The minimum Gasteiger partial charge on any atom is -0.479 e. The van der Waals surface area contributed by atoms with Crippen LogP contribution in [0.25, 0.3) is 0 Å². The number of halogens is 2. The molecule has 0 fully saturated rings. The zero-order chi connectivity index (χ0) is 26.7. The summed E-state index contributed by atoms with van der Waals surface area (Å²) in [6, 6.07) is 2.07. The molecule has 0 unspecified atom stereocenters. The fourth-order valence-corrected chi connectivity index (χ4v) is 5.90. The molecule has 0 amide bonds. The van der Waals surface area contributed by atoms with E-state index in [0.29, 0.717) is 12.2 Å². The Bertz CT molecular complexity index is 830. The van der Waals surface area contributed by atoms with Gasteiger partial charge in [-0.25, -0.2) is 26.7 Å². The third kappa shape index (κ3) is 16.4. The van der Waals surface area contributed by atoms with Crippen LogP contribution in [0.5, 0.6) is 5.75 Å². The molecule has 0 aliphatic rings. The molecule has 0 radical (unpaired) electrons. The summed E-state index contributed by atoms with van der Waals surface area (Å²) in [5.41, 5.74) is 0. The molecule has 10 heteroatoms. The van der Waals surface area contributed by atoms with E-state index in [9.17, 15) is 22.0 Å². The number of sulfonamides is 1. The van der Waals surface area contributed by atoms with Crippen molar-refractivity contribution in [2.75, 3.05) is 24.7 Å². The molecule has 1 aromatic rings. The van der Waals surface area contributed by atoms with E-state index in [1.54, 1.807) is 0 Å². The van der Waals surface area contributed by atoms with Crippen molar-refractivity contribution in [2.24, 2.45) is 0 Å². The summed E-state index contributed by atoms with van der Waals surface area (Å²) >= 11 is 1.09. The first-order chi connectivity index (χ1) is 17.2. The average Bonchev–Trinajstić information content (AvgIpc) is 2.81. The molecule has 0 aromatic heterocycles. The standard InChI is InChI=1S/C26H43F2NO5S2/c1-2-3-4-5-6-7-8-9-10-11-12-13-14-15-18-36(32,33)29-16-17-35-22-19-23(27)26(24(28)20-22)34-21-25(30)31/h19-20,29H,2-18,21H2,1H3,(H,30,31). The molecule has 0 bridgehead atoms. The molecule has 0 atom stereocenters. The van der Waals surface area contributed by atoms with Crippen LogP contribution in [0.15, 0.2) is 17.0 Å². The molecule has 1 aromatic carbocycles. The number of ether oxygens (including phenoxy) is 1. The minimum absolute atomic E-state index is 0.0779. The summed E-state index contributed by atoms with van der Waals surface area (Å²) in [6.07, 6.45) is 16.9. The van der Waals surface area contributed by atoms with Gasteiger partial charge in [-0.2, -0.15) is 0 Å². The fraction of sp³-hybridized carbons (Fsp3) is 0.731. The highest BCUT2D eigenvalue weighted by Gasteiger charge is 2.15. The Labute approximate surface area is 220 Å². The van der Waals surface area contributed by atoms with E-state index in [0.717, 1.165) is 43.2 Å². The summed E-state index contributed by atoms with van der Waals surface area (Å²) < 4.78 is 59.3. The van der Waals surface area contributed by atoms with Crippen LogP contribution in [0.2, 0.25) is 0 Å². The molecule has 36 heavy (non-hydrogen) atoms. The number of rotatable bonds is 23. The summed E-state index contributed by atoms with van der Waals surface area (Å²) in [6.45, 7) is 1.54. The number of carboxylic acids is 1. The van der Waals surface area contributed by atoms with Gasteiger partial charge in [-0.05, 0) is 18.6 Å². The molecule has 2 N–H and O–H groups in total. The number of thioether (sulfide) groups is 1. The molecule has 0 heterocycles. The van der Waals surface area contributed by atoms with Gasteiger partial charge in [-0.1, -0.05) is 90.4 Å². The molecule has 0 spiro atoms. The summed E-state index contributed by atoms with van der Waals surface area (Å²) in [5.74, 6) is -3.71. The van der Waals surface area contributed by atoms with E-state index in [2.05, 4.69) is 16.4 Å². The van der Waals surface area contributed by atoms with E-state index >= 15 is 0 Å². The Morgan fingerprint density at radius 3 is 1.83 bits per heavy atom. The molecule has 0 aliphatic heterocycles. The number of hydrogen-bond donors (Lipinski definition) is 2. The third-order valence-corrected chi connectivity index (χ3v) is 8.22. The van der Waals surface area contributed by atoms with Gasteiger partial charge < -0.3 is 9.84 Å². The molecular weight excluding hydrogens is 508 g/mol. The van der Waals surface area contributed by atoms with Gasteiger partial charge in [0.1, 0.15) is 0 Å². The van der Waals surface area contributed by atoms with Crippen LogP contribution in [0.1, 0.15) is 96.8 Å². The number of benzene rings is 1. The van der Waals surface area contributed by atoms with Crippen molar-refractivity contribution in [2.45, 2.75) is 102 Å². The number of aliphatic carboxylic acids is 1. The SMILES string of the molecule is CCCCCCCCCCCCCCCCS(=O)(=O)NCCSc1cc(F)c(OCC(=O)O)c(F)c1. The molecule has 0 saturated carbocycles. The lowest BCUT2D eigenvalue weighted by atomic mass is 10.0. The van der Waals surface area contributed by atoms with Gasteiger partial charge in [-0.3, -0.25) is 0 Å². The van der Waals surface area contributed by atoms with E-state index in [-0.39, 0.29) is 17.2 Å². The molecule has 208 valence electrons. The van der Waals surface area contributed by atoms with Crippen LogP contribution in [0.4, 0.5) is 8.78 Å². The first-order valence-electron chi connectivity index (χ1n) is 13.2. The zero-order valence-electron chi connectivity index (χ0n) is 21.5. The van der Waals surface area contributed by atoms with E-state index in [1.807, 2.05) is 0 Å². The lowest BCUT2D eigenvalue weighted by molar-refractivity contribution is -0.139. The largest absolute Gasteiger partial charge is 0.479 e. The lowest BCUT2D eigenvalue weighted by Crippen LogP contribution is -2.28. The smallest absolute Gasteiger partial charge is 0.341 e. The number of nitrogens with one attached hydrogen (secondary N) is 1. The quantitative estimate of drug-likeness (QED) is 0.113. The molecule has 1 rings (SSSR count). The van der Waals surface area contributed by atoms with Gasteiger partial charge in [0.25, 0.3) is 0 Å². The van der Waals surface area contributed by atoms with Crippen molar-refractivity contribution >= 4 is 27.8 Å². The topological polar surface area (TPSA) is 92.7 Å². The van der Waals surface area contributed by atoms with Crippen molar-refractivity contribution < 1.29 is 31.8 Å². The minimum atomic E-state index is -3.38. The van der Waals surface area contributed by atoms with Crippen LogP contribution >= 0.6 is 11.8 Å². The maximum Gasteiger partial charge on any atom is 0.341 e. The summed E-state index contributed by atoms with van der Waals surface area (Å²) in [5, 5.41) is 8.55. The average molecular weight is 552 g/mol. The number of carboxylic acid groups (broad SMARTS) is 1. The van der Waals surface area contributed by atoms with Gasteiger partial charge in [0.05, 0.1) is 5.75 Å². The van der Waals surface area contributed by atoms with E-state index in [1.165, 1.54) is 64.2 Å². The predicted octanol–water partition coefficient (Wildman–Crippen LogP) is 6.92. The zero-order valence-corrected chi connectivity index (χ0v) is 23.2. The Kier molecular flexibility index (Phi) is 17.8. The molecule has 0 saturated heterocycles. The number of unbranched alkanes of at least 4 members (excludes halogenated alkanes) is 13. The van der Waals surface area contributed by atoms with Gasteiger partial charge >= 0.3 is 5.97 Å². The van der Waals surface area contributed by atoms with Crippen LogP contribution in [0, 0.1) is 11.6 Å². The van der Waals surface area contributed by atoms with Gasteiger partial charge in [0.2, 0.25) is 10.0 Å². The van der Waals surface area contributed by atoms with Crippen LogP contribution in [0.3, 0.4) is 0 Å². The Morgan fingerprint density at radius 1 is 0.889 bits per heavy atom. The van der Waals surface area contributed by atoms with Crippen molar-refractivity contribution in [1.82, 2.24) is 4.72 Å². The third-order valence-electron chi connectivity index (χ3n) is 5.77. The maximum atomic E-state index is 13.9. The summed E-state index contributed by atoms with van der Waals surface area (Å²) in [7, 11) is -3.38. The predicted molar refractivity (Wildman–Crippen MR) is 142 cm³/mol. The molecular formula is C26H43F2NO5S2. The Morgan fingerprint density at radius 2 is 1.36 bits per heavy atom. The number of hydrogen-bond acceptors (Lipinski definition) is 5. The lowest BCUT2D eigenvalue weighted by Gasteiger charge is -2.09. The second-order valence-electron chi connectivity index (χ2n) is 9.06. The molecule has 6 nitrogen and oxygen atoms in total. The highest BCUT2D eigenvalue weighted by molar-refractivity contribution is 7.99. The van der Waals surface area contributed by atoms with Crippen molar-refractivity contribution in [3.05, 3.63) is 23.8 Å².